The van der Waals surface area contributed by atoms with Crippen LogP contribution in [0.2, 0.25) is 0 Å². The van der Waals surface area contributed by atoms with E-state index in [0.29, 0.717) is 6.42 Å². The minimum Gasteiger partial charge on any atom is -0.481 e. The Morgan fingerprint density at radius 2 is 2.16 bits per heavy atom. The Labute approximate surface area is 114 Å². The molecule has 1 heterocycles. The van der Waals surface area contributed by atoms with Gasteiger partial charge in [-0.25, -0.2) is 0 Å². The average Bonchev–Trinajstić information content (AvgIpc) is 2.62. The van der Waals surface area contributed by atoms with E-state index in [4.69, 9.17) is 5.11 Å². The van der Waals surface area contributed by atoms with Crippen molar-refractivity contribution in [3.05, 3.63) is 29.8 Å². The number of anilines is 1. The molecule has 104 valence electrons. The van der Waals surface area contributed by atoms with Gasteiger partial charge in [0.05, 0.1) is 0 Å². The quantitative estimate of drug-likeness (QED) is 0.871. The van der Waals surface area contributed by atoms with Gasteiger partial charge < -0.3 is 15.3 Å². The van der Waals surface area contributed by atoms with E-state index in [-0.39, 0.29) is 12.5 Å². The maximum atomic E-state index is 10.8. The average molecular weight is 262 g/mol. The summed E-state index contributed by atoms with van der Waals surface area (Å²) in [7, 11) is 0. The number of carbonyl (C=O) groups is 1. The number of rotatable bonds is 4. The van der Waals surface area contributed by atoms with Gasteiger partial charge in [0.1, 0.15) is 0 Å². The van der Waals surface area contributed by atoms with Crippen LogP contribution in [0.15, 0.2) is 24.3 Å². The van der Waals surface area contributed by atoms with Crippen molar-refractivity contribution in [3.8, 4) is 0 Å². The van der Waals surface area contributed by atoms with Gasteiger partial charge in [0, 0.05) is 31.2 Å². The molecule has 4 heteroatoms. The summed E-state index contributed by atoms with van der Waals surface area (Å²) >= 11 is 0. The first-order valence-electron chi connectivity index (χ1n) is 6.92. The molecule has 0 bridgehead atoms. The minimum absolute atomic E-state index is 0.231. The molecule has 0 radical (unpaired) electrons. The van der Waals surface area contributed by atoms with Gasteiger partial charge in [0.25, 0.3) is 0 Å². The van der Waals surface area contributed by atoms with Crippen molar-refractivity contribution >= 4 is 11.7 Å². The SMILES string of the molecule is Cc1ccc(N2CCCNCC2CCC(=O)O)cc1. The lowest BCUT2D eigenvalue weighted by molar-refractivity contribution is -0.137. The maximum Gasteiger partial charge on any atom is 0.303 e. The van der Waals surface area contributed by atoms with E-state index in [1.54, 1.807) is 0 Å². The molecular weight excluding hydrogens is 240 g/mol. The Balaban J connectivity index is 2.11. The monoisotopic (exact) mass is 262 g/mol. The zero-order valence-electron chi connectivity index (χ0n) is 11.4. The van der Waals surface area contributed by atoms with Crippen LogP contribution in [-0.4, -0.2) is 36.8 Å². The summed E-state index contributed by atoms with van der Waals surface area (Å²) in [6, 6.07) is 8.76. The molecule has 2 N–H and O–H groups in total. The van der Waals surface area contributed by atoms with Gasteiger partial charge in [0.15, 0.2) is 0 Å². The molecule has 1 unspecified atom stereocenters. The molecule has 0 aliphatic carbocycles. The molecule has 1 aliphatic heterocycles. The first-order valence-corrected chi connectivity index (χ1v) is 6.92. The third-order valence-electron chi connectivity index (χ3n) is 3.63. The van der Waals surface area contributed by atoms with Crippen molar-refractivity contribution in [1.82, 2.24) is 5.32 Å². The highest BCUT2D eigenvalue weighted by atomic mass is 16.4. The fourth-order valence-electron chi connectivity index (χ4n) is 2.56. The molecule has 0 spiro atoms. The van der Waals surface area contributed by atoms with E-state index in [2.05, 4.69) is 41.4 Å². The standard InChI is InChI=1S/C15H22N2O2/c1-12-3-5-13(6-4-12)17-10-2-9-16-11-14(17)7-8-15(18)19/h3-6,14,16H,2,7-11H2,1H3,(H,18,19). The molecule has 1 fully saturated rings. The van der Waals surface area contributed by atoms with Crippen molar-refractivity contribution < 1.29 is 9.90 Å². The van der Waals surface area contributed by atoms with Crippen molar-refractivity contribution in [1.29, 1.82) is 0 Å². The lowest BCUT2D eigenvalue weighted by Gasteiger charge is -2.31. The van der Waals surface area contributed by atoms with Crippen LogP contribution >= 0.6 is 0 Å². The number of aliphatic carboxylic acids is 1. The molecular formula is C15H22N2O2. The second-order valence-corrected chi connectivity index (χ2v) is 5.17. The molecule has 0 saturated carbocycles. The Bertz CT molecular complexity index is 417. The number of carboxylic acids is 1. The molecule has 4 nitrogen and oxygen atoms in total. The smallest absolute Gasteiger partial charge is 0.303 e. The summed E-state index contributed by atoms with van der Waals surface area (Å²) in [5.41, 5.74) is 2.45. The van der Waals surface area contributed by atoms with Crippen molar-refractivity contribution in [2.24, 2.45) is 0 Å². The zero-order valence-corrected chi connectivity index (χ0v) is 11.4. The lowest BCUT2D eigenvalue weighted by atomic mass is 10.1. The molecule has 2 rings (SSSR count). The van der Waals surface area contributed by atoms with Crippen LogP contribution in [0.4, 0.5) is 5.69 Å². The third kappa shape index (κ3) is 3.96. The first-order chi connectivity index (χ1) is 9.16. The summed E-state index contributed by atoms with van der Waals surface area (Å²) in [6.45, 7) is 4.93. The van der Waals surface area contributed by atoms with E-state index in [0.717, 1.165) is 26.1 Å². The van der Waals surface area contributed by atoms with Crippen LogP contribution in [0.3, 0.4) is 0 Å². The number of aryl methyl sites for hydroxylation is 1. The highest BCUT2D eigenvalue weighted by Crippen LogP contribution is 2.21. The minimum atomic E-state index is -0.715. The molecule has 1 aromatic carbocycles. The molecule has 1 atom stereocenters. The summed E-state index contributed by atoms with van der Waals surface area (Å²) in [4.78, 5) is 13.1. The molecule has 1 aliphatic rings. The van der Waals surface area contributed by atoms with Gasteiger partial charge >= 0.3 is 5.97 Å². The normalized spacial score (nSPS) is 20.1. The number of nitrogens with one attached hydrogen (secondary N) is 1. The van der Waals surface area contributed by atoms with Crippen LogP contribution in [0.1, 0.15) is 24.8 Å². The van der Waals surface area contributed by atoms with Gasteiger partial charge in [-0.2, -0.15) is 0 Å². The van der Waals surface area contributed by atoms with Gasteiger partial charge in [-0.1, -0.05) is 17.7 Å². The lowest BCUT2D eigenvalue weighted by Crippen LogP contribution is -2.40. The second kappa shape index (κ2) is 6.57. The van der Waals surface area contributed by atoms with Gasteiger partial charge in [-0.05, 0) is 38.4 Å². The summed E-state index contributed by atoms with van der Waals surface area (Å²) in [6.07, 6.45) is 2.02. The molecule has 0 amide bonds. The van der Waals surface area contributed by atoms with Gasteiger partial charge in [-0.3, -0.25) is 4.79 Å². The van der Waals surface area contributed by atoms with Crippen molar-refractivity contribution in [3.63, 3.8) is 0 Å². The maximum absolute atomic E-state index is 10.8. The Morgan fingerprint density at radius 1 is 1.42 bits per heavy atom. The summed E-state index contributed by atoms with van der Waals surface area (Å²) in [5.74, 6) is -0.715. The largest absolute Gasteiger partial charge is 0.481 e. The third-order valence-corrected chi connectivity index (χ3v) is 3.63. The van der Waals surface area contributed by atoms with Crippen LogP contribution in [0, 0.1) is 6.92 Å². The second-order valence-electron chi connectivity index (χ2n) is 5.17. The highest BCUT2D eigenvalue weighted by molar-refractivity contribution is 5.66. The summed E-state index contributed by atoms with van der Waals surface area (Å²) < 4.78 is 0. The van der Waals surface area contributed by atoms with Crippen LogP contribution in [0.25, 0.3) is 0 Å². The Hall–Kier alpha value is -1.55. The summed E-state index contributed by atoms with van der Waals surface area (Å²) in [5, 5.41) is 12.3. The highest BCUT2D eigenvalue weighted by Gasteiger charge is 2.21. The van der Waals surface area contributed by atoms with Crippen LogP contribution in [0.5, 0.6) is 0 Å². The first kappa shape index (κ1) is 13.9. The number of benzene rings is 1. The number of carboxylic acid groups (broad SMARTS) is 1. The van der Waals surface area contributed by atoms with E-state index < -0.39 is 5.97 Å². The van der Waals surface area contributed by atoms with Crippen LogP contribution < -0.4 is 10.2 Å². The van der Waals surface area contributed by atoms with Crippen molar-refractivity contribution in [2.75, 3.05) is 24.5 Å². The predicted molar refractivity (Wildman–Crippen MR) is 76.7 cm³/mol. The Morgan fingerprint density at radius 3 is 2.84 bits per heavy atom. The van der Waals surface area contributed by atoms with E-state index in [1.165, 1.54) is 11.3 Å². The van der Waals surface area contributed by atoms with Gasteiger partial charge in [0.2, 0.25) is 0 Å². The number of nitrogens with zero attached hydrogens (tertiary/aromatic N) is 1. The number of hydrogen-bond donors (Lipinski definition) is 2. The molecule has 1 saturated heterocycles. The molecule has 0 aromatic heterocycles. The van der Waals surface area contributed by atoms with E-state index >= 15 is 0 Å². The predicted octanol–water partition coefficient (Wildman–Crippen LogP) is 2.03. The van der Waals surface area contributed by atoms with E-state index in [1.807, 2.05) is 0 Å². The van der Waals surface area contributed by atoms with Crippen LogP contribution in [-0.2, 0) is 4.79 Å². The fourth-order valence-corrected chi connectivity index (χ4v) is 2.56. The topological polar surface area (TPSA) is 52.6 Å². The zero-order chi connectivity index (χ0) is 13.7. The molecule has 1 aromatic rings. The Kier molecular flexibility index (Phi) is 4.80. The molecule has 19 heavy (non-hydrogen) atoms. The van der Waals surface area contributed by atoms with E-state index in [9.17, 15) is 4.79 Å². The van der Waals surface area contributed by atoms with Crippen molar-refractivity contribution in [2.45, 2.75) is 32.2 Å². The van der Waals surface area contributed by atoms with Gasteiger partial charge in [-0.15, -0.1) is 0 Å². The fraction of sp³-hybridized carbons (Fsp3) is 0.533. The number of hydrogen-bond acceptors (Lipinski definition) is 3.